The highest BCUT2D eigenvalue weighted by Gasteiger charge is 2.30. The largest absolute Gasteiger partial charge is 0.354 e. The van der Waals surface area contributed by atoms with Crippen molar-refractivity contribution in [3.63, 3.8) is 0 Å². The first kappa shape index (κ1) is 18.4. The van der Waals surface area contributed by atoms with Crippen molar-refractivity contribution in [2.45, 2.75) is 39.0 Å². The van der Waals surface area contributed by atoms with Crippen molar-refractivity contribution in [3.8, 4) is 0 Å². The van der Waals surface area contributed by atoms with Crippen LogP contribution in [0.5, 0.6) is 0 Å². The van der Waals surface area contributed by atoms with Gasteiger partial charge in [-0.15, -0.1) is 0 Å². The highest BCUT2D eigenvalue weighted by atomic mass is 16.1. The van der Waals surface area contributed by atoms with Gasteiger partial charge in [0.1, 0.15) is 0 Å². The van der Waals surface area contributed by atoms with E-state index in [1.54, 1.807) is 0 Å². The third-order valence-corrected chi connectivity index (χ3v) is 5.48. The molecule has 1 N–H and O–H groups in total. The number of rotatable bonds is 5. The smallest absolute Gasteiger partial charge is 0.223 e. The summed E-state index contributed by atoms with van der Waals surface area (Å²) in [6.45, 7) is 4.78. The van der Waals surface area contributed by atoms with Crippen molar-refractivity contribution in [3.05, 3.63) is 88.2 Å². The van der Waals surface area contributed by atoms with E-state index in [1.165, 1.54) is 16.7 Å². The van der Waals surface area contributed by atoms with Crippen LogP contribution in [0.15, 0.2) is 54.6 Å². The molecule has 1 heterocycles. The number of ketones is 1. The Morgan fingerprint density at radius 1 is 0.964 bits per heavy atom. The predicted molar refractivity (Wildman–Crippen MR) is 112 cm³/mol. The second-order valence-corrected chi connectivity index (χ2v) is 7.50. The molecule has 1 atom stereocenters. The van der Waals surface area contributed by atoms with E-state index in [9.17, 15) is 4.79 Å². The fraction of sp³-hybridized carbons (Fsp3) is 0.292. The molecule has 0 unspecified atom stereocenters. The summed E-state index contributed by atoms with van der Waals surface area (Å²) >= 11 is 0. The molecule has 28 heavy (non-hydrogen) atoms. The molecule has 4 heteroatoms. The first-order chi connectivity index (χ1) is 13.6. The molecule has 0 saturated carbocycles. The second kappa shape index (κ2) is 7.93. The van der Waals surface area contributed by atoms with Crippen LogP contribution in [0.2, 0.25) is 0 Å². The van der Waals surface area contributed by atoms with E-state index in [-0.39, 0.29) is 11.7 Å². The predicted octanol–water partition coefficient (Wildman–Crippen LogP) is 4.66. The zero-order valence-corrected chi connectivity index (χ0v) is 16.4. The number of nitrogens with one attached hydrogen (secondary N) is 1. The third-order valence-electron chi connectivity index (χ3n) is 5.48. The van der Waals surface area contributed by atoms with Gasteiger partial charge in [-0.25, -0.2) is 9.97 Å². The summed E-state index contributed by atoms with van der Waals surface area (Å²) in [6, 6.07) is 18.7. The number of carbonyl (C=O) groups is 1. The van der Waals surface area contributed by atoms with Crippen LogP contribution in [0.25, 0.3) is 0 Å². The van der Waals surface area contributed by atoms with Crippen molar-refractivity contribution < 1.29 is 4.79 Å². The summed E-state index contributed by atoms with van der Waals surface area (Å²) < 4.78 is 0. The van der Waals surface area contributed by atoms with Gasteiger partial charge in [0.05, 0.1) is 17.0 Å². The summed E-state index contributed by atoms with van der Waals surface area (Å²) in [6.07, 6.45) is 2.22. The fourth-order valence-electron chi connectivity index (χ4n) is 4.08. The molecule has 4 rings (SSSR count). The SMILES string of the molecule is Cc1ccccc1[C@H]1CC(=O)c2c(C)nc(NCCc3ccccc3)nc2C1. The molecule has 3 aromatic rings. The van der Waals surface area contributed by atoms with E-state index in [2.05, 4.69) is 41.5 Å². The average molecular weight is 371 g/mol. The Morgan fingerprint density at radius 2 is 1.71 bits per heavy atom. The van der Waals surface area contributed by atoms with E-state index in [0.29, 0.717) is 12.4 Å². The van der Waals surface area contributed by atoms with Gasteiger partial charge in [-0.1, -0.05) is 54.6 Å². The van der Waals surface area contributed by atoms with Crippen LogP contribution in [0, 0.1) is 13.8 Å². The lowest BCUT2D eigenvalue weighted by Gasteiger charge is -2.25. The Labute approximate surface area is 166 Å². The number of aromatic nitrogens is 2. The third kappa shape index (κ3) is 3.81. The van der Waals surface area contributed by atoms with E-state index in [4.69, 9.17) is 4.98 Å². The Hall–Kier alpha value is -3.01. The van der Waals surface area contributed by atoms with Gasteiger partial charge in [-0.05, 0) is 49.3 Å². The van der Waals surface area contributed by atoms with E-state index in [1.807, 2.05) is 37.3 Å². The standard InChI is InChI=1S/C24H25N3O/c1-16-8-6-7-11-20(16)19-14-21-23(22(28)15-19)17(2)26-24(27-21)25-13-12-18-9-4-3-5-10-18/h3-11,19H,12-15H2,1-2H3,(H,25,26,27)/t19-/m1/s1. The van der Waals surface area contributed by atoms with Crippen LogP contribution in [0.1, 0.15) is 50.8 Å². The molecule has 0 bridgehead atoms. The van der Waals surface area contributed by atoms with E-state index in [0.717, 1.165) is 36.3 Å². The quantitative estimate of drug-likeness (QED) is 0.709. The van der Waals surface area contributed by atoms with Gasteiger partial charge in [-0.2, -0.15) is 0 Å². The monoisotopic (exact) mass is 371 g/mol. The fourth-order valence-corrected chi connectivity index (χ4v) is 4.08. The molecule has 4 nitrogen and oxygen atoms in total. The average Bonchev–Trinajstić information content (AvgIpc) is 2.68. The Kier molecular flexibility index (Phi) is 5.20. The van der Waals surface area contributed by atoms with Gasteiger partial charge < -0.3 is 5.32 Å². The number of carbonyl (C=O) groups excluding carboxylic acids is 1. The Bertz CT molecular complexity index is 998. The number of anilines is 1. The zero-order valence-electron chi connectivity index (χ0n) is 16.4. The lowest BCUT2D eigenvalue weighted by atomic mass is 9.80. The van der Waals surface area contributed by atoms with Crippen LogP contribution in [-0.4, -0.2) is 22.3 Å². The molecule has 0 fully saturated rings. The van der Waals surface area contributed by atoms with Gasteiger partial charge in [0, 0.05) is 13.0 Å². The minimum absolute atomic E-state index is 0.155. The lowest BCUT2D eigenvalue weighted by molar-refractivity contribution is 0.0962. The molecular weight excluding hydrogens is 346 g/mol. The van der Waals surface area contributed by atoms with Crippen LogP contribution in [0.3, 0.4) is 0 Å². The summed E-state index contributed by atoms with van der Waals surface area (Å²) in [5.41, 5.74) is 6.13. The van der Waals surface area contributed by atoms with Gasteiger partial charge in [0.25, 0.3) is 0 Å². The normalized spacial score (nSPS) is 15.9. The van der Waals surface area contributed by atoms with Gasteiger partial charge in [0.2, 0.25) is 5.95 Å². The molecule has 0 saturated heterocycles. The number of hydrogen-bond donors (Lipinski definition) is 1. The molecule has 0 radical (unpaired) electrons. The summed E-state index contributed by atoms with van der Waals surface area (Å²) in [5, 5.41) is 3.33. The van der Waals surface area contributed by atoms with Crippen LogP contribution in [-0.2, 0) is 12.8 Å². The molecular formula is C24H25N3O. The Morgan fingerprint density at radius 3 is 2.50 bits per heavy atom. The number of benzene rings is 2. The summed E-state index contributed by atoms with van der Waals surface area (Å²) in [4.78, 5) is 22.1. The number of Topliss-reactive ketones (excluding diaryl/α,β-unsaturated/α-hetero) is 1. The van der Waals surface area contributed by atoms with Crippen molar-refractivity contribution in [1.29, 1.82) is 0 Å². The minimum Gasteiger partial charge on any atom is -0.354 e. The number of hydrogen-bond acceptors (Lipinski definition) is 4. The van der Waals surface area contributed by atoms with Crippen LogP contribution in [0.4, 0.5) is 5.95 Å². The summed E-state index contributed by atoms with van der Waals surface area (Å²) in [5.74, 6) is 0.959. The molecule has 1 aliphatic rings. The van der Waals surface area contributed by atoms with Gasteiger partial charge in [0.15, 0.2) is 5.78 Å². The Balaban J connectivity index is 1.54. The molecule has 0 aliphatic heterocycles. The second-order valence-electron chi connectivity index (χ2n) is 7.50. The molecule has 1 aliphatic carbocycles. The number of fused-ring (bicyclic) bond motifs is 1. The van der Waals surface area contributed by atoms with Gasteiger partial charge in [-0.3, -0.25) is 4.79 Å². The first-order valence-electron chi connectivity index (χ1n) is 9.86. The maximum absolute atomic E-state index is 12.8. The van der Waals surface area contributed by atoms with Crippen molar-refractivity contribution in [1.82, 2.24) is 9.97 Å². The maximum atomic E-state index is 12.8. The first-order valence-corrected chi connectivity index (χ1v) is 9.86. The van der Waals surface area contributed by atoms with Crippen LogP contribution >= 0.6 is 0 Å². The van der Waals surface area contributed by atoms with Crippen molar-refractivity contribution in [2.24, 2.45) is 0 Å². The topological polar surface area (TPSA) is 54.9 Å². The molecule has 142 valence electrons. The maximum Gasteiger partial charge on any atom is 0.223 e. The van der Waals surface area contributed by atoms with E-state index >= 15 is 0 Å². The summed E-state index contributed by atoms with van der Waals surface area (Å²) in [7, 11) is 0. The van der Waals surface area contributed by atoms with Gasteiger partial charge >= 0.3 is 0 Å². The molecule has 1 aromatic heterocycles. The highest BCUT2D eigenvalue weighted by molar-refractivity contribution is 5.99. The number of aryl methyl sites for hydroxylation is 2. The van der Waals surface area contributed by atoms with Crippen LogP contribution < -0.4 is 5.32 Å². The zero-order chi connectivity index (χ0) is 19.5. The molecule has 0 spiro atoms. The van der Waals surface area contributed by atoms with Crippen molar-refractivity contribution in [2.75, 3.05) is 11.9 Å². The lowest BCUT2D eigenvalue weighted by Crippen LogP contribution is -2.23. The highest BCUT2D eigenvalue weighted by Crippen LogP contribution is 2.34. The van der Waals surface area contributed by atoms with Crippen molar-refractivity contribution >= 4 is 11.7 Å². The van der Waals surface area contributed by atoms with E-state index < -0.39 is 0 Å². The molecule has 2 aromatic carbocycles. The minimum atomic E-state index is 0.155. The molecule has 0 amide bonds. The number of nitrogens with zero attached hydrogens (tertiary/aromatic N) is 2.